The summed E-state index contributed by atoms with van der Waals surface area (Å²) in [5, 5.41) is 0. The molecule has 0 aromatic heterocycles. The molecule has 2 aliphatic heterocycles. The van der Waals surface area contributed by atoms with Gasteiger partial charge in [-0.3, -0.25) is 0 Å². The van der Waals surface area contributed by atoms with Crippen molar-refractivity contribution in [3.8, 4) is 0 Å². The Morgan fingerprint density at radius 1 is 0.741 bits per heavy atom. The van der Waals surface area contributed by atoms with Gasteiger partial charge in [-0.25, -0.2) is 0 Å². The van der Waals surface area contributed by atoms with Crippen molar-refractivity contribution in [1.29, 1.82) is 0 Å². The van der Waals surface area contributed by atoms with E-state index in [-0.39, 0.29) is 5.41 Å². The molecule has 5 nitrogen and oxygen atoms in total. The molecule has 154 valence electrons. The summed E-state index contributed by atoms with van der Waals surface area (Å²) in [4.78, 5) is 12.1. The Hall–Kier alpha value is -0.200. The minimum Gasteiger partial charge on any atom is -0.349 e. The van der Waals surface area contributed by atoms with Gasteiger partial charge in [0.2, 0.25) is 11.6 Å². The molecule has 5 fully saturated rings. The number of hydrogen-bond donors (Lipinski definition) is 0. The highest BCUT2D eigenvalue weighted by Gasteiger charge is 2.64. The van der Waals surface area contributed by atoms with Crippen molar-refractivity contribution in [2.24, 2.45) is 29.1 Å². The van der Waals surface area contributed by atoms with Gasteiger partial charge in [-0.05, 0) is 37.5 Å². The lowest BCUT2D eigenvalue weighted by Gasteiger charge is -2.51. The first kappa shape index (κ1) is 18.8. The first-order valence-corrected chi connectivity index (χ1v) is 11.1. The molecule has 2 heterocycles. The Morgan fingerprint density at radius 3 is 2.11 bits per heavy atom. The van der Waals surface area contributed by atoms with Crippen LogP contribution in [0, 0.1) is 29.1 Å². The SMILES string of the molecule is CC1CC2CC(C)C3(OOC4(CCC5(CC4)OCC(C)(C)CO5)O3)C(C1)C2. The molecule has 3 spiro atoms. The topological polar surface area (TPSA) is 46.2 Å². The summed E-state index contributed by atoms with van der Waals surface area (Å²) in [7, 11) is 0. The van der Waals surface area contributed by atoms with E-state index in [4.69, 9.17) is 24.0 Å². The van der Waals surface area contributed by atoms with Gasteiger partial charge < -0.3 is 14.2 Å². The minimum atomic E-state index is -0.618. The van der Waals surface area contributed by atoms with Crippen molar-refractivity contribution in [3.63, 3.8) is 0 Å². The van der Waals surface area contributed by atoms with Crippen LogP contribution in [-0.2, 0) is 24.0 Å². The maximum atomic E-state index is 6.78. The van der Waals surface area contributed by atoms with Gasteiger partial charge in [0, 0.05) is 42.9 Å². The van der Waals surface area contributed by atoms with Crippen LogP contribution >= 0.6 is 0 Å². The number of hydrogen-bond acceptors (Lipinski definition) is 5. The van der Waals surface area contributed by atoms with Crippen LogP contribution in [0.2, 0.25) is 0 Å². The fraction of sp³-hybridized carbons (Fsp3) is 1.00. The molecule has 5 atom stereocenters. The molecule has 0 aromatic rings. The lowest BCUT2D eigenvalue weighted by molar-refractivity contribution is -0.388. The average Bonchev–Trinajstić information content (AvgIpc) is 3.00. The van der Waals surface area contributed by atoms with Crippen LogP contribution < -0.4 is 0 Å². The van der Waals surface area contributed by atoms with E-state index in [0.717, 1.165) is 50.7 Å². The van der Waals surface area contributed by atoms with Gasteiger partial charge in [0.05, 0.1) is 13.2 Å². The Labute approximate surface area is 163 Å². The Morgan fingerprint density at radius 2 is 1.41 bits per heavy atom. The highest BCUT2D eigenvalue weighted by molar-refractivity contribution is 5.00. The molecule has 5 unspecified atom stereocenters. The molecule has 5 rings (SSSR count). The van der Waals surface area contributed by atoms with Crippen molar-refractivity contribution >= 4 is 0 Å². The van der Waals surface area contributed by atoms with Gasteiger partial charge in [-0.15, -0.1) is 0 Å². The van der Waals surface area contributed by atoms with Crippen molar-refractivity contribution < 1.29 is 24.0 Å². The maximum Gasteiger partial charge on any atom is 0.210 e. The van der Waals surface area contributed by atoms with Gasteiger partial charge in [0.1, 0.15) is 0 Å². The van der Waals surface area contributed by atoms with Gasteiger partial charge in [-0.2, -0.15) is 9.78 Å². The van der Waals surface area contributed by atoms with Crippen molar-refractivity contribution in [1.82, 2.24) is 0 Å². The zero-order valence-electron chi connectivity index (χ0n) is 17.4. The first-order valence-electron chi connectivity index (χ1n) is 11.1. The second kappa shape index (κ2) is 6.15. The maximum absolute atomic E-state index is 6.78. The molecule has 3 saturated carbocycles. The monoisotopic (exact) mass is 380 g/mol. The van der Waals surface area contributed by atoms with Gasteiger partial charge in [0.15, 0.2) is 5.79 Å². The summed E-state index contributed by atoms with van der Waals surface area (Å²) in [6.45, 7) is 10.5. The highest BCUT2D eigenvalue weighted by Crippen LogP contribution is 2.58. The fourth-order valence-electron chi connectivity index (χ4n) is 6.36. The predicted octanol–water partition coefficient (Wildman–Crippen LogP) is 4.79. The summed E-state index contributed by atoms with van der Waals surface area (Å²) in [5.74, 6) is 0.791. The number of fused-ring (bicyclic) bond motifs is 3. The van der Waals surface area contributed by atoms with E-state index in [0.29, 0.717) is 11.8 Å². The van der Waals surface area contributed by atoms with E-state index < -0.39 is 17.4 Å². The molecular weight excluding hydrogens is 344 g/mol. The van der Waals surface area contributed by atoms with E-state index in [1.54, 1.807) is 0 Å². The number of ether oxygens (including phenoxy) is 3. The van der Waals surface area contributed by atoms with Gasteiger partial charge in [-0.1, -0.05) is 27.7 Å². The lowest BCUT2D eigenvalue weighted by atomic mass is 9.62. The summed E-state index contributed by atoms with van der Waals surface area (Å²) in [6.07, 6.45) is 8.11. The Balaban J connectivity index is 1.28. The van der Waals surface area contributed by atoms with Crippen molar-refractivity contribution in [2.45, 2.75) is 96.4 Å². The van der Waals surface area contributed by atoms with Crippen LogP contribution in [0.25, 0.3) is 0 Å². The van der Waals surface area contributed by atoms with E-state index in [1.807, 2.05) is 0 Å². The second-order valence-corrected chi connectivity index (χ2v) is 11.1. The van der Waals surface area contributed by atoms with Crippen LogP contribution in [0.15, 0.2) is 0 Å². The van der Waals surface area contributed by atoms with Crippen LogP contribution in [0.3, 0.4) is 0 Å². The predicted molar refractivity (Wildman–Crippen MR) is 99.4 cm³/mol. The fourth-order valence-corrected chi connectivity index (χ4v) is 6.36. The minimum absolute atomic E-state index is 0.0969. The van der Waals surface area contributed by atoms with Crippen LogP contribution in [0.5, 0.6) is 0 Å². The highest BCUT2D eigenvalue weighted by atomic mass is 17.3. The quantitative estimate of drug-likeness (QED) is 0.565. The molecular formula is C22H36O5. The first-order chi connectivity index (χ1) is 12.7. The van der Waals surface area contributed by atoms with Crippen LogP contribution in [0.4, 0.5) is 0 Å². The third kappa shape index (κ3) is 3.09. The van der Waals surface area contributed by atoms with Gasteiger partial charge in [0.25, 0.3) is 0 Å². The molecule has 2 saturated heterocycles. The number of rotatable bonds is 0. The third-order valence-corrected chi connectivity index (χ3v) is 7.88. The summed E-state index contributed by atoms with van der Waals surface area (Å²) in [6, 6.07) is 0. The molecule has 0 radical (unpaired) electrons. The zero-order chi connectivity index (χ0) is 18.9. The third-order valence-electron chi connectivity index (χ3n) is 7.88. The normalized spacial score (nSPS) is 47.6. The van der Waals surface area contributed by atoms with E-state index in [1.165, 1.54) is 25.7 Å². The van der Waals surface area contributed by atoms with Crippen LogP contribution in [0.1, 0.15) is 79.1 Å². The standard InChI is InChI=1S/C22H36O5/c1-15-9-17-11-16(2)22(18(10-15)12-17)25-21(26-27-22)7-5-20(6-8-21)23-13-19(3,4)14-24-20/h15-18H,5-14H2,1-4H3. The smallest absolute Gasteiger partial charge is 0.210 e. The van der Waals surface area contributed by atoms with E-state index in [9.17, 15) is 0 Å². The summed E-state index contributed by atoms with van der Waals surface area (Å²) >= 11 is 0. The molecule has 3 aliphatic carbocycles. The average molecular weight is 381 g/mol. The zero-order valence-corrected chi connectivity index (χ0v) is 17.4. The molecule has 0 amide bonds. The van der Waals surface area contributed by atoms with E-state index >= 15 is 0 Å². The molecule has 27 heavy (non-hydrogen) atoms. The summed E-state index contributed by atoms with van der Waals surface area (Å²) in [5.41, 5.74) is 0.0969. The molecule has 5 heteroatoms. The Bertz CT molecular complexity index is 565. The van der Waals surface area contributed by atoms with Gasteiger partial charge >= 0.3 is 0 Å². The van der Waals surface area contributed by atoms with Crippen molar-refractivity contribution in [3.05, 3.63) is 0 Å². The molecule has 0 aromatic carbocycles. The van der Waals surface area contributed by atoms with Crippen LogP contribution in [-0.4, -0.2) is 30.6 Å². The molecule has 0 N–H and O–H groups in total. The molecule has 2 bridgehead atoms. The molecule has 5 aliphatic rings. The van der Waals surface area contributed by atoms with Crippen molar-refractivity contribution in [2.75, 3.05) is 13.2 Å². The largest absolute Gasteiger partial charge is 0.349 e. The Kier molecular flexibility index (Phi) is 4.28. The lowest BCUT2D eigenvalue weighted by Crippen LogP contribution is -2.56. The second-order valence-electron chi connectivity index (χ2n) is 11.1. The summed E-state index contributed by atoms with van der Waals surface area (Å²) < 4.78 is 19.2. The van der Waals surface area contributed by atoms with E-state index in [2.05, 4.69) is 27.7 Å².